The summed E-state index contributed by atoms with van der Waals surface area (Å²) in [7, 11) is 0. The van der Waals surface area contributed by atoms with Crippen molar-refractivity contribution in [1.82, 2.24) is 10.1 Å². The molecule has 2 atom stereocenters. The van der Waals surface area contributed by atoms with Crippen LogP contribution in [0.25, 0.3) is 0 Å². The Labute approximate surface area is 119 Å². The van der Waals surface area contributed by atoms with E-state index in [1.165, 1.54) is 6.42 Å². The Morgan fingerprint density at radius 2 is 2.15 bits per heavy atom. The molecular weight excluding hydrogens is 258 g/mol. The van der Waals surface area contributed by atoms with Crippen molar-refractivity contribution in [3.63, 3.8) is 0 Å². The summed E-state index contributed by atoms with van der Waals surface area (Å²) >= 11 is 0. The highest BCUT2D eigenvalue weighted by molar-refractivity contribution is 5.03. The maximum Gasteiger partial charge on any atom is 0.255 e. The minimum Gasteiger partial charge on any atom is -0.376 e. The minimum atomic E-state index is -0.716. The van der Waals surface area contributed by atoms with Gasteiger partial charge < -0.3 is 19.7 Å². The molecule has 0 bridgehead atoms. The summed E-state index contributed by atoms with van der Waals surface area (Å²) in [6.45, 7) is 3.05. The highest BCUT2D eigenvalue weighted by Crippen LogP contribution is 2.28. The molecule has 2 heterocycles. The lowest BCUT2D eigenvalue weighted by atomic mass is 9.95. The zero-order chi connectivity index (χ0) is 14.0. The summed E-state index contributed by atoms with van der Waals surface area (Å²) in [5.41, 5.74) is 5.54. The van der Waals surface area contributed by atoms with E-state index >= 15 is 0 Å². The highest BCUT2D eigenvalue weighted by atomic mass is 16.5. The molecule has 1 aromatic rings. The molecule has 1 aromatic heterocycles. The van der Waals surface area contributed by atoms with Crippen LogP contribution in [0.1, 0.15) is 63.3 Å². The maximum absolute atomic E-state index is 6.26. The van der Waals surface area contributed by atoms with Gasteiger partial charge in [-0.15, -0.1) is 0 Å². The summed E-state index contributed by atoms with van der Waals surface area (Å²) in [4.78, 5) is 4.42. The molecule has 1 saturated heterocycles. The van der Waals surface area contributed by atoms with Crippen molar-refractivity contribution in [2.75, 3.05) is 13.2 Å². The van der Waals surface area contributed by atoms with Crippen LogP contribution in [0.15, 0.2) is 4.52 Å². The van der Waals surface area contributed by atoms with Crippen LogP contribution in [-0.2, 0) is 15.0 Å². The summed E-state index contributed by atoms with van der Waals surface area (Å²) in [6, 6.07) is 0. The first-order chi connectivity index (χ1) is 9.65. The van der Waals surface area contributed by atoms with Crippen molar-refractivity contribution in [1.29, 1.82) is 0 Å². The molecule has 2 aliphatic rings. The molecule has 6 nitrogen and oxygen atoms in total. The van der Waals surface area contributed by atoms with Gasteiger partial charge >= 0.3 is 0 Å². The van der Waals surface area contributed by atoms with Gasteiger partial charge in [0.1, 0.15) is 11.6 Å². The van der Waals surface area contributed by atoms with Crippen molar-refractivity contribution in [3.8, 4) is 0 Å². The summed E-state index contributed by atoms with van der Waals surface area (Å²) in [5.74, 6) is 1.04. The molecule has 0 amide bonds. The first-order valence-corrected chi connectivity index (χ1v) is 7.51. The summed E-state index contributed by atoms with van der Waals surface area (Å²) in [6.07, 6.45) is 6.94. The molecule has 1 aliphatic carbocycles. The van der Waals surface area contributed by atoms with E-state index in [4.69, 9.17) is 19.7 Å². The lowest BCUT2D eigenvalue weighted by molar-refractivity contribution is -0.0222. The minimum absolute atomic E-state index is 0.0756. The normalized spacial score (nSPS) is 27.0. The van der Waals surface area contributed by atoms with Crippen LogP contribution in [0.2, 0.25) is 0 Å². The Hall–Kier alpha value is -0.980. The zero-order valence-electron chi connectivity index (χ0n) is 12.0. The van der Waals surface area contributed by atoms with Gasteiger partial charge in [0.05, 0.1) is 12.7 Å². The monoisotopic (exact) mass is 281 g/mol. The van der Waals surface area contributed by atoms with Gasteiger partial charge in [0.2, 0.25) is 0 Å². The Bertz CT molecular complexity index is 437. The van der Waals surface area contributed by atoms with Gasteiger partial charge in [0.25, 0.3) is 5.89 Å². The Balaban J connectivity index is 1.61. The van der Waals surface area contributed by atoms with Crippen LogP contribution in [0.5, 0.6) is 0 Å². The van der Waals surface area contributed by atoms with E-state index in [0.29, 0.717) is 24.4 Å². The second kappa shape index (κ2) is 5.79. The molecule has 0 radical (unpaired) electrons. The second-order valence-corrected chi connectivity index (χ2v) is 6.09. The SMILES string of the molecule is CC(N)(COC1CCC1)c1noc(C2CCCCO2)n1. The van der Waals surface area contributed by atoms with E-state index in [2.05, 4.69) is 10.1 Å². The van der Waals surface area contributed by atoms with E-state index in [1.807, 2.05) is 6.92 Å². The Kier molecular flexibility index (Phi) is 4.05. The molecule has 2 N–H and O–H groups in total. The third-order valence-corrected chi connectivity index (χ3v) is 4.08. The van der Waals surface area contributed by atoms with Crippen LogP contribution in [0.4, 0.5) is 0 Å². The van der Waals surface area contributed by atoms with Gasteiger partial charge in [-0.05, 0) is 45.4 Å². The number of nitrogens with two attached hydrogens (primary N) is 1. The molecule has 2 unspecified atom stereocenters. The Morgan fingerprint density at radius 1 is 1.30 bits per heavy atom. The number of hydrogen-bond acceptors (Lipinski definition) is 6. The van der Waals surface area contributed by atoms with Crippen molar-refractivity contribution >= 4 is 0 Å². The fraction of sp³-hybridized carbons (Fsp3) is 0.857. The van der Waals surface area contributed by atoms with Crippen LogP contribution >= 0.6 is 0 Å². The molecule has 1 aliphatic heterocycles. The molecule has 3 rings (SSSR count). The van der Waals surface area contributed by atoms with Gasteiger partial charge in [-0.3, -0.25) is 0 Å². The number of nitrogens with zero attached hydrogens (tertiary/aromatic N) is 2. The van der Waals surface area contributed by atoms with Crippen LogP contribution in [0, 0.1) is 0 Å². The van der Waals surface area contributed by atoms with Gasteiger partial charge in [-0.25, -0.2) is 0 Å². The molecule has 0 spiro atoms. The smallest absolute Gasteiger partial charge is 0.255 e. The Morgan fingerprint density at radius 3 is 2.80 bits per heavy atom. The lowest BCUT2D eigenvalue weighted by Gasteiger charge is -2.29. The molecular formula is C14H23N3O3. The van der Waals surface area contributed by atoms with Gasteiger partial charge in [-0.2, -0.15) is 4.98 Å². The largest absolute Gasteiger partial charge is 0.376 e. The first-order valence-electron chi connectivity index (χ1n) is 7.51. The number of hydrogen-bond donors (Lipinski definition) is 1. The van der Waals surface area contributed by atoms with Crippen LogP contribution < -0.4 is 5.73 Å². The van der Waals surface area contributed by atoms with Gasteiger partial charge in [0.15, 0.2) is 5.82 Å². The number of aromatic nitrogens is 2. The summed E-state index contributed by atoms with van der Waals surface area (Å²) in [5, 5.41) is 4.01. The number of rotatable bonds is 5. The number of ether oxygens (including phenoxy) is 2. The summed E-state index contributed by atoms with van der Waals surface area (Å²) < 4.78 is 16.7. The second-order valence-electron chi connectivity index (χ2n) is 6.09. The topological polar surface area (TPSA) is 83.4 Å². The fourth-order valence-electron chi connectivity index (χ4n) is 2.43. The van der Waals surface area contributed by atoms with Crippen molar-refractivity contribution < 1.29 is 14.0 Å². The third kappa shape index (κ3) is 3.02. The van der Waals surface area contributed by atoms with Crippen molar-refractivity contribution in [2.45, 2.75) is 63.2 Å². The predicted molar refractivity (Wildman–Crippen MR) is 72.0 cm³/mol. The standard InChI is InChI=1S/C14H23N3O3/c1-14(15,9-19-10-5-4-6-10)13-16-12(20-17-13)11-7-2-3-8-18-11/h10-11H,2-9,15H2,1H3. The first kappa shape index (κ1) is 14.0. The van der Waals surface area contributed by atoms with E-state index in [-0.39, 0.29) is 6.10 Å². The fourth-order valence-corrected chi connectivity index (χ4v) is 2.43. The quantitative estimate of drug-likeness (QED) is 0.889. The van der Waals surface area contributed by atoms with Crippen LogP contribution in [-0.4, -0.2) is 29.5 Å². The lowest BCUT2D eigenvalue weighted by Crippen LogP contribution is -2.41. The molecule has 1 saturated carbocycles. The average Bonchev–Trinajstić information content (AvgIpc) is 2.88. The van der Waals surface area contributed by atoms with E-state index in [9.17, 15) is 0 Å². The van der Waals surface area contributed by atoms with E-state index in [0.717, 1.165) is 38.7 Å². The van der Waals surface area contributed by atoms with Gasteiger partial charge in [0, 0.05) is 6.61 Å². The van der Waals surface area contributed by atoms with Crippen molar-refractivity contribution in [2.24, 2.45) is 5.73 Å². The molecule has 0 aromatic carbocycles. The van der Waals surface area contributed by atoms with E-state index < -0.39 is 5.54 Å². The van der Waals surface area contributed by atoms with Crippen molar-refractivity contribution in [3.05, 3.63) is 11.7 Å². The van der Waals surface area contributed by atoms with Crippen LogP contribution in [0.3, 0.4) is 0 Å². The maximum atomic E-state index is 6.26. The zero-order valence-corrected chi connectivity index (χ0v) is 12.0. The average molecular weight is 281 g/mol. The van der Waals surface area contributed by atoms with E-state index in [1.54, 1.807) is 0 Å². The molecule has 112 valence electrons. The molecule has 2 fully saturated rings. The predicted octanol–water partition coefficient (Wildman–Crippen LogP) is 2.05. The third-order valence-electron chi connectivity index (χ3n) is 4.08. The highest BCUT2D eigenvalue weighted by Gasteiger charge is 2.32. The molecule has 20 heavy (non-hydrogen) atoms. The van der Waals surface area contributed by atoms with Gasteiger partial charge in [-0.1, -0.05) is 5.16 Å². The molecule has 6 heteroatoms.